The van der Waals surface area contributed by atoms with Crippen LogP contribution in [0.5, 0.6) is 0 Å². The normalized spacial score (nSPS) is 10.8. The van der Waals surface area contributed by atoms with Gasteiger partial charge in [-0.05, 0) is 56.4 Å². The highest BCUT2D eigenvalue weighted by atomic mass is 32.1. The van der Waals surface area contributed by atoms with Crippen molar-refractivity contribution in [3.63, 3.8) is 0 Å². The fourth-order valence-electron chi connectivity index (χ4n) is 2.49. The number of rotatable bonds is 6. The second kappa shape index (κ2) is 10.1. The minimum Gasteiger partial charge on any atom is -0.462 e. The van der Waals surface area contributed by atoms with E-state index in [4.69, 9.17) is 21.7 Å². The third-order valence-corrected chi connectivity index (χ3v) is 3.96. The molecular formula is C20H19F3N2O4S. The Balaban J connectivity index is 2.33. The number of thiocarbonyl (C=S) groups is 1. The molecule has 160 valence electrons. The Bertz CT molecular complexity index is 948. The van der Waals surface area contributed by atoms with E-state index in [9.17, 15) is 22.8 Å². The summed E-state index contributed by atoms with van der Waals surface area (Å²) < 4.78 is 49.4. The summed E-state index contributed by atoms with van der Waals surface area (Å²) in [6.07, 6.45) is -4.58. The molecule has 0 aliphatic carbocycles. The zero-order valence-electron chi connectivity index (χ0n) is 16.1. The largest absolute Gasteiger partial charge is 0.462 e. The van der Waals surface area contributed by atoms with Gasteiger partial charge in [-0.1, -0.05) is 12.1 Å². The molecule has 0 atom stereocenters. The summed E-state index contributed by atoms with van der Waals surface area (Å²) in [5, 5.41) is 4.92. The van der Waals surface area contributed by atoms with Crippen LogP contribution in [0, 0.1) is 0 Å². The van der Waals surface area contributed by atoms with Gasteiger partial charge < -0.3 is 20.1 Å². The zero-order valence-corrected chi connectivity index (χ0v) is 16.9. The number of nitrogens with one attached hydrogen (secondary N) is 2. The second-order valence-corrected chi connectivity index (χ2v) is 6.23. The Hall–Kier alpha value is -3.14. The molecule has 10 heteroatoms. The summed E-state index contributed by atoms with van der Waals surface area (Å²) in [7, 11) is 0. The lowest BCUT2D eigenvalue weighted by Gasteiger charge is -2.17. The molecule has 6 nitrogen and oxygen atoms in total. The number of halogens is 3. The molecule has 0 amide bonds. The van der Waals surface area contributed by atoms with Crippen LogP contribution in [0.1, 0.15) is 40.1 Å². The van der Waals surface area contributed by atoms with E-state index in [1.54, 1.807) is 13.8 Å². The molecule has 0 unspecified atom stereocenters. The van der Waals surface area contributed by atoms with Crippen molar-refractivity contribution in [2.24, 2.45) is 0 Å². The molecule has 0 aromatic heterocycles. The Morgan fingerprint density at radius 2 is 1.53 bits per heavy atom. The summed E-state index contributed by atoms with van der Waals surface area (Å²) in [5.41, 5.74) is -0.896. The van der Waals surface area contributed by atoms with Crippen molar-refractivity contribution in [3.8, 4) is 0 Å². The summed E-state index contributed by atoms with van der Waals surface area (Å²) in [6.45, 7) is 3.52. The maximum Gasteiger partial charge on any atom is 0.418 e. The van der Waals surface area contributed by atoms with Crippen molar-refractivity contribution in [2.75, 3.05) is 23.8 Å². The highest BCUT2D eigenvalue weighted by molar-refractivity contribution is 7.80. The molecule has 0 aliphatic rings. The monoisotopic (exact) mass is 440 g/mol. The molecule has 0 spiro atoms. The maximum absolute atomic E-state index is 13.2. The number of carbonyl (C=O) groups excluding carboxylic acids is 2. The van der Waals surface area contributed by atoms with E-state index in [-0.39, 0.29) is 40.8 Å². The molecule has 2 rings (SSSR count). The van der Waals surface area contributed by atoms with Gasteiger partial charge in [-0.25, -0.2) is 9.59 Å². The fraction of sp³-hybridized carbons (Fsp3) is 0.250. The summed E-state index contributed by atoms with van der Waals surface area (Å²) >= 11 is 5.11. The first-order valence-electron chi connectivity index (χ1n) is 8.89. The number of hydrogen-bond donors (Lipinski definition) is 2. The number of alkyl halides is 3. The lowest BCUT2D eigenvalue weighted by molar-refractivity contribution is -0.136. The number of hydrogen-bond acceptors (Lipinski definition) is 5. The molecule has 0 radical (unpaired) electrons. The lowest BCUT2D eigenvalue weighted by Crippen LogP contribution is -2.23. The van der Waals surface area contributed by atoms with Crippen LogP contribution in [-0.2, 0) is 15.7 Å². The zero-order chi connectivity index (χ0) is 22.3. The fourth-order valence-corrected chi connectivity index (χ4v) is 2.71. The predicted octanol–water partition coefficient (Wildman–Crippen LogP) is 4.87. The molecule has 0 bridgehead atoms. The highest BCUT2D eigenvalue weighted by Gasteiger charge is 2.33. The van der Waals surface area contributed by atoms with Gasteiger partial charge in [-0.3, -0.25) is 0 Å². The van der Waals surface area contributed by atoms with Crippen LogP contribution in [0.2, 0.25) is 0 Å². The van der Waals surface area contributed by atoms with E-state index in [1.807, 2.05) is 0 Å². The predicted molar refractivity (Wildman–Crippen MR) is 110 cm³/mol. The van der Waals surface area contributed by atoms with E-state index in [1.165, 1.54) is 36.4 Å². The van der Waals surface area contributed by atoms with Crippen LogP contribution < -0.4 is 10.6 Å². The average molecular weight is 440 g/mol. The van der Waals surface area contributed by atoms with Gasteiger partial charge in [0.15, 0.2) is 5.11 Å². The summed E-state index contributed by atoms with van der Waals surface area (Å²) in [6, 6.07) is 8.85. The minimum atomic E-state index is -4.58. The van der Waals surface area contributed by atoms with Gasteiger partial charge in [-0.15, -0.1) is 0 Å². The first kappa shape index (κ1) is 23.1. The van der Waals surface area contributed by atoms with Crippen molar-refractivity contribution in [1.29, 1.82) is 0 Å². The molecule has 0 saturated heterocycles. The molecule has 0 fully saturated rings. The Morgan fingerprint density at radius 1 is 0.933 bits per heavy atom. The van der Waals surface area contributed by atoms with Gasteiger partial charge in [0.05, 0.1) is 41.3 Å². The molecule has 2 aromatic rings. The van der Waals surface area contributed by atoms with Crippen molar-refractivity contribution in [2.45, 2.75) is 20.0 Å². The number of anilines is 2. The SMILES string of the molecule is CCOC(=O)c1ccc(C(=O)OCC)c(NC(=S)Nc2ccccc2C(F)(F)F)c1. The van der Waals surface area contributed by atoms with Crippen molar-refractivity contribution >= 4 is 40.6 Å². The molecule has 30 heavy (non-hydrogen) atoms. The molecule has 0 saturated carbocycles. The Morgan fingerprint density at radius 3 is 2.17 bits per heavy atom. The van der Waals surface area contributed by atoms with Crippen LogP contribution in [-0.4, -0.2) is 30.3 Å². The van der Waals surface area contributed by atoms with Crippen LogP contribution in [0.15, 0.2) is 42.5 Å². The van der Waals surface area contributed by atoms with E-state index in [0.29, 0.717) is 0 Å². The second-order valence-electron chi connectivity index (χ2n) is 5.82. The lowest BCUT2D eigenvalue weighted by atomic mass is 10.1. The molecule has 2 N–H and O–H groups in total. The first-order chi connectivity index (χ1) is 14.2. The van der Waals surface area contributed by atoms with E-state index >= 15 is 0 Å². The molecule has 0 aliphatic heterocycles. The van der Waals surface area contributed by atoms with Crippen LogP contribution in [0.4, 0.5) is 24.5 Å². The van der Waals surface area contributed by atoms with Crippen molar-refractivity contribution in [1.82, 2.24) is 0 Å². The van der Waals surface area contributed by atoms with Gasteiger partial charge in [-0.2, -0.15) is 13.2 Å². The number of esters is 2. The van der Waals surface area contributed by atoms with Gasteiger partial charge in [0.2, 0.25) is 0 Å². The van der Waals surface area contributed by atoms with Crippen LogP contribution in [0.3, 0.4) is 0 Å². The maximum atomic E-state index is 13.2. The van der Waals surface area contributed by atoms with Gasteiger partial charge >= 0.3 is 18.1 Å². The van der Waals surface area contributed by atoms with Crippen molar-refractivity contribution in [3.05, 3.63) is 59.2 Å². The molecule has 2 aromatic carbocycles. The van der Waals surface area contributed by atoms with Gasteiger partial charge in [0.1, 0.15) is 0 Å². The number of ether oxygens (including phenoxy) is 2. The third-order valence-electron chi connectivity index (χ3n) is 3.75. The van der Waals surface area contributed by atoms with Gasteiger partial charge in [0, 0.05) is 0 Å². The number of carbonyl (C=O) groups is 2. The van der Waals surface area contributed by atoms with E-state index in [2.05, 4.69) is 10.6 Å². The number of benzene rings is 2. The summed E-state index contributed by atoms with van der Waals surface area (Å²) in [5.74, 6) is -1.31. The highest BCUT2D eigenvalue weighted by Crippen LogP contribution is 2.34. The van der Waals surface area contributed by atoms with Crippen LogP contribution in [0.25, 0.3) is 0 Å². The van der Waals surface area contributed by atoms with Crippen molar-refractivity contribution < 1.29 is 32.2 Å². The summed E-state index contributed by atoms with van der Waals surface area (Å²) in [4.78, 5) is 24.2. The third kappa shape index (κ3) is 5.93. The minimum absolute atomic E-state index is 0.0538. The van der Waals surface area contributed by atoms with E-state index < -0.39 is 23.7 Å². The molecule has 0 heterocycles. The topological polar surface area (TPSA) is 76.7 Å². The standard InChI is InChI=1S/C20H19F3N2O4S/c1-3-28-17(26)12-9-10-13(18(27)29-4-2)16(11-12)25-19(30)24-15-8-6-5-7-14(15)20(21,22)23/h5-11H,3-4H2,1-2H3,(H2,24,25,30). The van der Waals surface area contributed by atoms with Crippen LogP contribution >= 0.6 is 12.2 Å². The molecular weight excluding hydrogens is 421 g/mol. The first-order valence-corrected chi connectivity index (χ1v) is 9.30. The van der Waals surface area contributed by atoms with Gasteiger partial charge in [0.25, 0.3) is 0 Å². The quantitative estimate of drug-likeness (QED) is 0.490. The Kier molecular flexibility index (Phi) is 7.76. The smallest absolute Gasteiger partial charge is 0.418 e. The van der Waals surface area contributed by atoms with E-state index in [0.717, 1.165) is 6.07 Å². The Labute approximate surface area is 176 Å². The number of para-hydroxylation sites is 1. The average Bonchev–Trinajstić information content (AvgIpc) is 2.67.